The highest BCUT2D eigenvalue weighted by Crippen LogP contribution is 2.14. The fourth-order valence-electron chi connectivity index (χ4n) is 3.13. The number of piperidine rings is 1. The highest BCUT2D eigenvalue weighted by molar-refractivity contribution is 14.0. The molecule has 7 nitrogen and oxygen atoms in total. The normalized spacial score (nSPS) is 16.2. The Balaban J connectivity index is 0.00000450. The maximum absolute atomic E-state index is 13.0. The zero-order valence-electron chi connectivity index (χ0n) is 17.8. The summed E-state index contributed by atoms with van der Waals surface area (Å²) in [5, 5.41) is 6.71. The van der Waals surface area contributed by atoms with Crippen LogP contribution in [0.5, 0.6) is 0 Å². The molecule has 1 aliphatic heterocycles. The molecule has 0 atom stereocenters. The van der Waals surface area contributed by atoms with E-state index in [4.69, 9.17) is 4.74 Å². The second kappa shape index (κ2) is 14.2. The summed E-state index contributed by atoms with van der Waals surface area (Å²) < 4.78 is 40.5. The molecule has 0 aromatic heterocycles. The molecule has 1 saturated heterocycles. The van der Waals surface area contributed by atoms with Gasteiger partial charge in [-0.15, -0.1) is 24.0 Å². The van der Waals surface area contributed by atoms with Crippen LogP contribution in [-0.2, 0) is 21.1 Å². The second-order valence-electron chi connectivity index (χ2n) is 7.32. The number of guanidine groups is 1. The summed E-state index contributed by atoms with van der Waals surface area (Å²) in [7, 11) is -2.99. The van der Waals surface area contributed by atoms with E-state index in [1.807, 2.05) is 19.1 Å². The summed E-state index contributed by atoms with van der Waals surface area (Å²) in [6, 6.07) is 7.05. The number of rotatable bonds is 10. The lowest BCUT2D eigenvalue weighted by Gasteiger charge is -2.33. The van der Waals surface area contributed by atoms with Crippen LogP contribution in [0.4, 0.5) is 4.39 Å². The van der Waals surface area contributed by atoms with E-state index in [-0.39, 0.29) is 42.2 Å². The van der Waals surface area contributed by atoms with Crippen molar-refractivity contribution in [3.8, 4) is 0 Å². The largest absolute Gasteiger partial charge is 0.378 e. The molecule has 0 unspecified atom stereocenters. The van der Waals surface area contributed by atoms with Crippen LogP contribution in [0.25, 0.3) is 0 Å². The van der Waals surface area contributed by atoms with Gasteiger partial charge < -0.3 is 15.4 Å². The topological polar surface area (TPSA) is 83.0 Å². The number of hydrogen-bond acceptors (Lipinski definition) is 5. The summed E-state index contributed by atoms with van der Waals surface area (Å²) in [5.74, 6) is 0.592. The summed E-state index contributed by atoms with van der Waals surface area (Å²) >= 11 is 0. The van der Waals surface area contributed by atoms with E-state index in [1.54, 1.807) is 0 Å². The number of nitrogens with one attached hydrogen (secondary N) is 2. The third kappa shape index (κ3) is 11.4. The molecule has 1 aromatic rings. The zero-order chi connectivity index (χ0) is 21.1. The van der Waals surface area contributed by atoms with Gasteiger partial charge in [-0.3, -0.25) is 9.89 Å². The van der Waals surface area contributed by atoms with Crippen LogP contribution in [0.15, 0.2) is 29.3 Å². The Morgan fingerprint density at radius 1 is 1.23 bits per heavy atom. The first-order valence-electron chi connectivity index (χ1n) is 10.1. The van der Waals surface area contributed by atoms with Gasteiger partial charge in [-0.2, -0.15) is 0 Å². The van der Waals surface area contributed by atoms with Crippen molar-refractivity contribution in [3.63, 3.8) is 0 Å². The molecule has 1 heterocycles. The molecule has 0 amide bonds. The van der Waals surface area contributed by atoms with Gasteiger partial charge in [0.2, 0.25) is 0 Å². The Morgan fingerprint density at radius 3 is 2.50 bits per heavy atom. The van der Waals surface area contributed by atoms with Crippen LogP contribution >= 0.6 is 24.0 Å². The average molecular weight is 556 g/mol. The summed E-state index contributed by atoms with van der Waals surface area (Å²) in [6.45, 7) is 6.64. The van der Waals surface area contributed by atoms with Gasteiger partial charge in [0.25, 0.3) is 0 Å². The number of sulfone groups is 1. The maximum atomic E-state index is 13.0. The molecule has 2 N–H and O–H groups in total. The van der Waals surface area contributed by atoms with Crippen molar-refractivity contribution in [2.45, 2.75) is 32.4 Å². The van der Waals surface area contributed by atoms with Gasteiger partial charge in [-0.05, 0) is 37.5 Å². The minimum Gasteiger partial charge on any atom is -0.378 e. The van der Waals surface area contributed by atoms with Crippen LogP contribution in [0.2, 0.25) is 0 Å². The van der Waals surface area contributed by atoms with Crippen LogP contribution in [-0.4, -0.2) is 76.7 Å². The quantitative estimate of drug-likeness (QED) is 0.199. The van der Waals surface area contributed by atoms with Crippen LogP contribution in [0.3, 0.4) is 0 Å². The summed E-state index contributed by atoms with van der Waals surface area (Å²) in [4.78, 5) is 6.89. The van der Waals surface area contributed by atoms with Gasteiger partial charge >= 0.3 is 0 Å². The summed E-state index contributed by atoms with van der Waals surface area (Å²) in [5.41, 5.74) is 1.13. The fourth-order valence-corrected chi connectivity index (χ4v) is 3.55. The molecule has 172 valence electrons. The van der Waals surface area contributed by atoms with Gasteiger partial charge in [-0.1, -0.05) is 12.1 Å². The van der Waals surface area contributed by atoms with E-state index in [0.717, 1.165) is 50.5 Å². The number of likely N-dealkylation sites (tertiary alicyclic amines) is 1. The van der Waals surface area contributed by atoms with Crippen molar-refractivity contribution in [1.29, 1.82) is 0 Å². The number of benzene rings is 1. The first kappa shape index (κ1) is 27.1. The Hall–Kier alpha value is -0.980. The van der Waals surface area contributed by atoms with Crippen molar-refractivity contribution in [2.75, 3.05) is 51.4 Å². The predicted octanol–water partition coefficient (Wildman–Crippen LogP) is 2.02. The highest BCUT2D eigenvalue weighted by atomic mass is 127. The number of aliphatic imine (C=N–C) groups is 1. The average Bonchev–Trinajstić information content (AvgIpc) is 2.67. The lowest BCUT2D eigenvalue weighted by atomic mass is 10.0. The molecule has 0 spiro atoms. The highest BCUT2D eigenvalue weighted by Gasteiger charge is 2.20. The van der Waals surface area contributed by atoms with E-state index >= 15 is 0 Å². The standard InChI is InChI=1S/C20H33FN4O3S.HI/c1-3-22-20(23-10-13-28-14-15-29(2,26)27)24-19-8-11-25(12-9-19)16-17-4-6-18(21)7-5-17;/h4-7,19H,3,8-16H2,1-2H3,(H2,22,23,24);1H. The number of hydrogen-bond donors (Lipinski definition) is 2. The first-order chi connectivity index (χ1) is 13.9. The van der Waals surface area contributed by atoms with Crippen LogP contribution in [0, 0.1) is 5.82 Å². The summed E-state index contributed by atoms with van der Waals surface area (Å²) in [6.07, 6.45) is 3.22. The molecule has 0 saturated carbocycles. The van der Waals surface area contributed by atoms with Crippen molar-refractivity contribution >= 4 is 39.8 Å². The molecule has 1 aromatic carbocycles. The van der Waals surface area contributed by atoms with Crippen molar-refractivity contribution in [1.82, 2.24) is 15.5 Å². The van der Waals surface area contributed by atoms with E-state index in [1.165, 1.54) is 18.4 Å². The Kier molecular flexibility index (Phi) is 12.8. The minimum absolute atomic E-state index is 0. The third-order valence-corrected chi connectivity index (χ3v) is 5.60. The lowest BCUT2D eigenvalue weighted by molar-refractivity contribution is 0.157. The third-order valence-electron chi connectivity index (χ3n) is 4.70. The maximum Gasteiger partial charge on any atom is 0.191 e. The molecule has 1 fully saturated rings. The van der Waals surface area contributed by atoms with Gasteiger partial charge in [0.15, 0.2) is 5.96 Å². The van der Waals surface area contributed by atoms with Crippen LogP contribution in [0.1, 0.15) is 25.3 Å². The van der Waals surface area contributed by atoms with Gasteiger partial charge in [0, 0.05) is 38.5 Å². The van der Waals surface area contributed by atoms with Crippen molar-refractivity contribution in [2.24, 2.45) is 4.99 Å². The molecule has 2 rings (SSSR count). The van der Waals surface area contributed by atoms with Crippen molar-refractivity contribution < 1.29 is 17.5 Å². The molecule has 10 heteroatoms. The smallest absolute Gasteiger partial charge is 0.191 e. The number of halogens is 2. The predicted molar refractivity (Wildman–Crippen MR) is 130 cm³/mol. The van der Waals surface area contributed by atoms with Crippen molar-refractivity contribution in [3.05, 3.63) is 35.6 Å². The van der Waals surface area contributed by atoms with E-state index in [0.29, 0.717) is 19.2 Å². The van der Waals surface area contributed by atoms with E-state index < -0.39 is 9.84 Å². The number of nitrogens with zero attached hydrogens (tertiary/aromatic N) is 2. The number of ether oxygens (including phenoxy) is 1. The fraction of sp³-hybridized carbons (Fsp3) is 0.650. The van der Waals surface area contributed by atoms with Gasteiger partial charge in [0.1, 0.15) is 15.7 Å². The second-order valence-corrected chi connectivity index (χ2v) is 9.58. The van der Waals surface area contributed by atoms with Crippen LogP contribution < -0.4 is 10.6 Å². The van der Waals surface area contributed by atoms with E-state index in [2.05, 4.69) is 20.5 Å². The van der Waals surface area contributed by atoms with E-state index in [9.17, 15) is 12.8 Å². The van der Waals surface area contributed by atoms with Gasteiger partial charge in [0.05, 0.1) is 25.5 Å². The van der Waals surface area contributed by atoms with Gasteiger partial charge in [-0.25, -0.2) is 12.8 Å². The minimum atomic E-state index is -2.99. The Morgan fingerprint density at radius 2 is 1.90 bits per heavy atom. The monoisotopic (exact) mass is 556 g/mol. The molecular formula is C20H34FIN4O3S. The molecule has 0 aliphatic carbocycles. The SMILES string of the molecule is CCNC(=NCCOCCS(C)(=O)=O)NC1CCN(Cc2ccc(F)cc2)CC1.I. The molecule has 0 bridgehead atoms. The lowest BCUT2D eigenvalue weighted by Crippen LogP contribution is -2.48. The molecule has 1 aliphatic rings. The molecule has 30 heavy (non-hydrogen) atoms. The molecule has 0 radical (unpaired) electrons. The Labute approximate surface area is 196 Å². The first-order valence-corrected chi connectivity index (χ1v) is 12.2. The molecular weight excluding hydrogens is 522 g/mol. The zero-order valence-corrected chi connectivity index (χ0v) is 20.9. The Bertz CT molecular complexity index is 739.